The number of benzene rings is 2. The molecular weight excluding hydrogens is 298 g/mol. The molecule has 24 heavy (non-hydrogen) atoms. The highest BCUT2D eigenvalue weighted by Crippen LogP contribution is 2.35. The minimum atomic E-state index is 0.477. The first-order chi connectivity index (χ1) is 11.8. The fourth-order valence-electron chi connectivity index (χ4n) is 3.58. The van der Waals surface area contributed by atoms with Gasteiger partial charge in [0.05, 0.1) is 13.7 Å². The molecule has 3 heteroatoms. The van der Waals surface area contributed by atoms with Gasteiger partial charge in [-0.1, -0.05) is 25.0 Å². The van der Waals surface area contributed by atoms with Gasteiger partial charge >= 0.3 is 0 Å². The molecule has 3 nitrogen and oxygen atoms in total. The van der Waals surface area contributed by atoms with E-state index in [1.54, 1.807) is 7.11 Å². The predicted molar refractivity (Wildman–Crippen MR) is 99.2 cm³/mol. The molecule has 0 spiro atoms. The van der Waals surface area contributed by atoms with Crippen molar-refractivity contribution in [2.24, 2.45) is 0 Å². The van der Waals surface area contributed by atoms with Crippen molar-refractivity contribution in [3.8, 4) is 11.5 Å². The lowest BCUT2D eigenvalue weighted by molar-refractivity contribution is 0.340. The molecule has 0 amide bonds. The molecule has 2 aromatic rings. The van der Waals surface area contributed by atoms with E-state index >= 15 is 0 Å². The molecule has 1 fully saturated rings. The summed E-state index contributed by atoms with van der Waals surface area (Å²) in [6.45, 7) is 2.71. The van der Waals surface area contributed by atoms with Gasteiger partial charge in [0.1, 0.15) is 11.5 Å². The third-order valence-corrected chi connectivity index (χ3v) is 4.83. The monoisotopic (exact) mass is 325 g/mol. The van der Waals surface area contributed by atoms with E-state index in [2.05, 4.69) is 41.7 Å². The zero-order chi connectivity index (χ0) is 16.8. The zero-order valence-electron chi connectivity index (χ0n) is 14.6. The van der Waals surface area contributed by atoms with Crippen LogP contribution in [0.2, 0.25) is 0 Å². The molecule has 0 aromatic heterocycles. The van der Waals surface area contributed by atoms with Gasteiger partial charge in [0.2, 0.25) is 0 Å². The number of ether oxygens (including phenoxy) is 2. The fourth-order valence-corrected chi connectivity index (χ4v) is 3.58. The minimum Gasteiger partial charge on any atom is -0.497 e. The highest BCUT2D eigenvalue weighted by Gasteiger charge is 2.26. The van der Waals surface area contributed by atoms with Gasteiger partial charge in [0, 0.05) is 17.6 Å². The van der Waals surface area contributed by atoms with Crippen LogP contribution in [0.1, 0.15) is 44.1 Å². The Kier molecular flexibility index (Phi) is 5.63. The topological polar surface area (TPSA) is 30.5 Å². The van der Waals surface area contributed by atoms with Crippen LogP contribution in [-0.2, 0) is 0 Å². The van der Waals surface area contributed by atoms with Crippen molar-refractivity contribution in [2.75, 3.05) is 19.0 Å². The molecule has 3 rings (SSSR count). The van der Waals surface area contributed by atoms with Gasteiger partial charge in [-0.25, -0.2) is 0 Å². The second kappa shape index (κ2) is 8.09. The highest BCUT2D eigenvalue weighted by molar-refractivity contribution is 5.48. The lowest BCUT2D eigenvalue weighted by Crippen LogP contribution is -2.30. The van der Waals surface area contributed by atoms with Gasteiger partial charge in [-0.05, 0) is 61.7 Å². The number of rotatable bonds is 6. The maximum Gasteiger partial charge on any atom is 0.119 e. The van der Waals surface area contributed by atoms with E-state index in [9.17, 15) is 0 Å². The smallest absolute Gasteiger partial charge is 0.119 e. The Hall–Kier alpha value is -2.16. The molecule has 0 heterocycles. The first-order valence-electron chi connectivity index (χ1n) is 8.93. The van der Waals surface area contributed by atoms with Crippen molar-refractivity contribution >= 4 is 5.69 Å². The average molecular weight is 325 g/mol. The Morgan fingerprint density at radius 1 is 0.917 bits per heavy atom. The van der Waals surface area contributed by atoms with Crippen molar-refractivity contribution < 1.29 is 9.47 Å². The summed E-state index contributed by atoms with van der Waals surface area (Å²) < 4.78 is 10.8. The van der Waals surface area contributed by atoms with Gasteiger partial charge in [-0.15, -0.1) is 0 Å². The van der Waals surface area contributed by atoms with E-state index < -0.39 is 0 Å². The van der Waals surface area contributed by atoms with Crippen molar-refractivity contribution in [3.63, 3.8) is 0 Å². The number of nitrogens with one attached hydrogen (secondary N) is 1. The van der Waals surface area contributed by atoms with Crippen LogP contribution in [0, 0.1) is 0 Å². The molecule has 2 aromatic carbocycles. The Balaban J connectivity index is 1.71. The number of hydrogen-bond donors (Lipinski definition) is 1. The van der Waals surface area contributed by atoms with Crippen LogP contribution < -0.4 is 14.8 Å². The van der Waals surface area contributed by atoms with Crippen LogP contribution >= 0.6 is 0 Å². The maximum absolute atomic E-state index is 5.52. The van der Waals surface area contributed by atoms with Crippen molar-refractivity contribution in [3.05, 3.63) is 54.1 Å². The van der Waals surface area contributed by atoms with Crippen LogP contribution in [-0.4, -0.2) is 19.8 Å². The maximum atomic E-state index is 5.52. The molecular formula is C21H27NO2. The Morgan fingerprint density at radius 3 is 2.25 bits per heavy atom. The molecule has 2 atom stereocenters. The van der Waals surface area contributed by atoms with E-state index in [-0.39, 0.29) is 0 Å². The fraction of sp³-hybridized carbons (Fsp3) is 0.429. The molecule has 0 bridgehead atoms. The number of methoxy groups -OCH3 is 1. The first-order valence-corrected chi connectivity index (χ1v) is 8.93. The normalized spacial score (nSPS) is 20.4. The van der Waals surface area contributed by atoms with Gasteiger partial charge in [0.25, 0.3) is 0 Å². The summed E-state index contributed by atoms with van der Waals surface area (Å²) in [4.78, 5) is 0. The molecule has 1 N–H and O–H groups in total. The van der Waals surface area contributed by atoms with Gasteiger partial charge in [0.15, 0.2) is 0 Å². The standard InChI is InChI=1S/C21H27NO2/c1-3-24-19-14-10-17(11-15-19)22-21-7-5-4-6-20(21)16-8-12-18(23-2)13-9-16/h8-15,20-22H,3-7H2,1-2H3. The summed E-state index contributed by atoms with van der Waals surface area (Å²) in [7, 11) is 1.71. The van der Waals surface area contributed by atoms with E-state index in [0.29, 0.717) is 18.6 Å². The quantitative estimate of drug-likeness (QED) is 0.788. The first kappa shape index (κ1) is 16.7. The summed E-state index contributed by atoms with van der Waals surface area (Å²) in [5, 5.41) is 3.74. The highest BCUT2D eigenvalue weighted by atomic mass is 16.5. The van der Waals surface area contributed by atoms with E-state index in [1.165, 1.54) is 36.9 Å². The van der Waals surface area contributed by atoms with Crippen LogP contribution in [0.3, 0.4) is 0 Å². The largest absolute Gasteiger partial charge is 0.497 e. The Bertz CT molecular complexity index is 621. The van der Waals surface area contributed by atoms with E-state index in [0.717, 1.165) is 11.5 Å². The van der Waals surface area contributed by atoms with Crippen LogP contribution in [0.4, 0.5) is 5.69 Å². The summed E-state index contributed by atoms with van der Waals surface area (Å²) >= 11 is 0. The summed E-state index contributed by atoms with van der Waals surface area (Å²) in [5.74, 6) is 2.40. The van der Waals surface area contributed by atoms with E-state index in [4.69, 9.17) is 9.47 Å². The lowest BCUT2D eigenvalue weighted by Gasteiger charge is -2.33. The third-order valence-electron chi connectivity index (χ3n) is 4.83. The zero-order valence-corrected chi connectivity index (χ0v) is 14.6. The van der Waals surface area contributed by atoms with Crippen molar-refractivity contribution in [1.29, 1.82) is 0 Å². The minimum absolute atomic E-state index is 0.477. The van der Waals surface area contributed by atoms with Crippen LogP contribution in [0.5, 0.6) is 11.5 Å². The van der Waals surface area contributed by atoms with Crippen molar-refractivity contribution in [1.82, 2.24) is 0 Å². The second-order valence-electron chi connectivity index (χ2n) is 6.37. The third kappa shape index (κ3) is 4.02. The molecule has 1 aliphatic rings. The average Bonchev–Trinajstić information content (AvgIpc) is 2.64. The molecule has 128 valence electrons. The summed E-state index contributed by atoms with van der Waals surface area (Å²) in [5.41, 5.74) is 2.57. The van der Waals surface area contributed by atoms with Crippen molar-refractivity contribution in [2.45, 2.75) is 44.6 Å². The van der Waals surface area contributed by atoms with Crippen LogP contribution in [0.25, 0.3) is 0 Å². The van der Waals surface area contributed by atoms with Gasteiger partial charge < -0.3 is 14.8 Å². The molecule has 2 unspecified atom stereocenters. The van der Waals surface area contributed by atoms with Gasteiger partial charge in [-0.3, -0.25) is 0 Å². The number of anilines is 1. The second-order valence-corrected chi connectivity index (χ2v) is 6.37. The molecule has 1 saturated carbocycles. The summed E-state index contributed by atoms with van der Waals surface area (Å²) in [6.07, 6.45) is 5.05. The molecule has 0 radical (unpaired) electrons. The Labute approximate surface area is 145 Å². The molecule has 0 saturated heterocycles. The molecule has 1 aliphatic carbocycles. The van der Waals surface area contributed by atoms with Gasteiger partial charge in [-0.2, -0.15) is 0 Å². The predicted octanol–water partition coefficient (Wildman–Crippen LogP) is 5.23. The Morgan fingerprint density at radius 2 is 1.58 bits per heavy atom. The number of hydrogen-bond acceptors (Lipinski definition) is 3. The SMILES string of the molecule is CCOc1ccc(NC2CCCCC2c2ccc(OC)cc2)cc1. The van der Waals surface area contributed by atoms with E-state index in [1.807, 2.05) is 19.1 Å². The lowest BCUT2D eigenvalue weighted by atomic mass is 9.80. The summed E-state index contributed by atoms with van der Waals surface area (Å²) in [6, 6.07) is 17.3. The van der Waals surface area contributed by atoms with Crippen LogP contribution in [0.15, 0.2) is 48.5 Å². The molecule has 0 aliphatic heterocycles.